The van der Waals surface area contributed by atoms with Crippen LogP contribution in [0, 0.1) is 15.9 Å². The van der Waals surface area contributed by atoms with Crippen molar-refractivity contribution in [1.29, 1.82) is 0 Å². The molecule has 0 aliphatic carbocycles. The summed E-state index contributed by atoms with van der Waals surface area (Å²) in [5.74, 6) is -0.519. The standard InChI is InChI=1S/C11H15FN2O3/c1-11(2,7-15)13-6-8-5-9(12)3-4-10(8)14(16)17/h3-5,13,15H,6-7H2,1-2H3. The van der Waals surface area contributed by atoms with E-state index in [1.54, 1.807) is 13.8 Å². The molecule has 0 bridgehead atoms. The predicted octanol–water partition coefficient (Wildman–Crippen LogP) is 1.59. The summed E-state index contributed by atoms with van der Waals surface area (Å²) in [6.07, 6.45) is 0. The Morgan fingerprint density at radius 1 is 1.53 bits per heavy atom. The molecular formula is C11H15FN2O3. The van der Waals surface area contributed by atoms with Gasteiger partial charge in [0.15, 0.2) is 0 Å². The molecule has 2 N–H and O–H groups in total. The smallest absolute Gasteiger partial charge is 0.274 e. The number of rotatable bonds is 5. The number of nitrogens with one attached hydrogen (secondary N) is 1. The molecule has 0 aliphatic rings. The highest BCUT2D eigenvalue weighted by atomic mass is 19.1. The minimum absolute atomic E-state index is 0.115. The lowest BCUT2D eigenvalue weighted by molar-refractivity contribution is -0.385. The molecule has 0 saturated carbocycles. The molecule has 94 valence electrons. The summed E-state index contributed by atoms with van der Waals surface area (Å²) >= 11 is 0. The molecule has 6 heteroatoms. The summed E-state index contributed by atoms with van der Waals surface area (Å²) in [4.78, 5) is 10.2. The van der Waals surface area contributed by atoms with Crippen LogP contribution in [-0.2, 0) is 6.54 Å². The van der Waals surface area contributed by atoms with Gasteiger partial charge in [0.25, 0.3) is 5.69 Å². The molecule has 17 heavy (non-hydrogen) atoms. The van der Waals surface area contributed by atoms with Gasteiger partial charge < -0.3 is 10.4 Å². The van der Waals surface area contributed by atoms with E-state index in [2.05, 4.69) is 5.32 Å². The monoisotopic (exact) mass is 242 g/mol. The Bertz CT molecular complexity index is 421. The molecule has 1 aromatic carbocycles. The van der Waals surface area contributed by atoms with Crippen LogP contribution in [0.1, 0.15) is 19.4 Å². The van der Waals surface area contributed by atoms with Gasteiger partial charge in [0.2, 0.25) is 0 Å². The predicted molar refractivity (Wildman–Crippen MR) is 61.1 cm³/mol. The first-order chi connectivity index (χ1) is 7.85. The van der Waals surface area contributed by atoms with E-state index in [-0.39, 0.29) is 24.4 Å². The molecule has 0 amide bonds. The van der Waals surface area contributed by atoms with Crippen molar-refractivity contribution in [2.75, 3.05) is 6.61 Å². The number of nitro groups is 1. The third-order valence-electron chi connectivity index (χ3n) is 2.39. The number of aliphatic hydroxyl groups is 1. The molecule has 0 radical (unpaired) electrons. The number of nitro benzene ring substituents is 1. The van der Waals surface area contributed by atoms with E-state index in [1.165, 1.54) is 0 Å². The van der Waals surface area contributed by atoms with E-state index in [9.17, 15) is 14.5 Å². The van der Waals surface area contributed by atoms with Gasteiger partial charge in [0.1, 0.15) is 5.82 Å². The number of nitrogens with zero attached hydrogens (tertiary/aromatic N) is 1. The number of hydrogen-bond acceptors (Lipinski definition) is 4. The normalized spacial score (nSPS) is 11.5. The first kappa shape index (κ1) is 13.5. The summed E-state index contributed by atoms with van der Waals surface area (Å²) in [7, 11) is 0. The maximum atomic E-state index is 13.0. The van der Waals surface area contributed by atoms with Crippen molar-refractivity contribution in [3.05, 3.63) is 39.7 Å². The highest BCUT2D eigenvalue weighted by molar-refractivity contribution is 5.40. The first-order valence-electron chi connectivity index (χ1n) is 5.14. The molecule has 1 rings (SSSR count). The highest BCUT2D eigenvalue weighted by Crippen LogP contribution is 2.20. The zero-order valence-electron chi connectivity index (χ0n) is 9.74. The summed E-state index contributed by atoms with van der Waals surface area (Å²) in [6, 6.07) is 3.32. The molecule has 0 fully saturated rings. The van der Waals surface area contributed by atoms with Crippen LogP contribution in [0.15, 0.2) is 18.2 Å². The van der Waals surface area contributed by atoms with Gasteiger partial charge in [-0.2, -0.15) is 0 Å². The molecule has 0 saturated heterocycles. The van der Waals surface area contributed by atoms with E-state index < -0.39 is 16.3 Å². The van der Waals surface area contributed by atoms with Gasteiger partial charge in [-0.15, -0.1) is 0 Å². The van der Waals surface area contributed by atoms with Gasteiger partial charge >= 0.3 is 0 Å². The van der Waals surface area contributed by atoms with Crippen LogP contribution in [0.3, 0.4) is 0 Å². The largest absolute Gasteiger partial charge is 0.394 e. The molecular weight excluding hydrogens is 227 g/mol. The third-order valence-corrected chi connectivity index (χ3v) is 2.39. The Morgan fingerprint density at radius 3 is 2.71 bits per heavy atom. The van der Waals surface area contributed by atoms with Gasteiger partial charge in [0, 0.05) is 23.7 Å². The molecule has 0 unspecified atom stereocenters. The van der Waals surface area contributed by atoms with Crippen LogP contribution in [0.25, 0.3) is 0 Å². The average molecular weight is 242 g/mol. The summed E-state index contributed by atoms with van der Waals surface area (Å²) < 4.78 is 13.0. The lowest BCUT2D eigenvalue weighted by atomic mass is 10.1. The Kier molecular flexibility index (Phi) is 4.14. The maximum absolute atomic E-state index is 13.0. The van der Waals surface area contributed by atoms with E-state index in [0.29, 0.717) is 0 Å². The molecule has 5 nitrogen and oxygen atoms in total. The third kappa shape index (κ3) is 3.76. The minimum Gasteiger partial charge on any atom is -0.394 e. The van der Waals surface area contributed by atoms with Crippen molar-refractivity contribution in [1.82, 2.24) is 5.32 Å². The molecule has 0 spiro atoms. The maximum Gasteiger partial charge on any atom is 0.274 e. The number of benzene rings is 1. The van der Waals surface area contributed by atoms with Crippen molar-refractivity contribution in [2.45, 2.75) is 25.9 Å². The lowest BCUT2D eigenvalue weighted by Crippen LogP contribution is -2.42. The van der Waals surface area contributed by atoms with E-state index in [4.69, 9.17) is 5.11 Å². The zero-order valence-corrected chi connectivity index (χ0v) is 9.74. The van der Waals surface area contributed by atoms with Gasteiger partial charge in [-0.25, -0.2) is 4.39 Å². The zero-order chi connectivity index (χ0) is 13.1. The van der Waals surface area contributed by atoms with Crippen molar-refractivity contribution < 1.29 is 14.4 Å². The Labute approximate surface area is 98.4 Å². The summed E-state index contributed by atoms with van der Waals surface area (Å²) in [5.41, 5.74) is -0.440. The fourth-order valence-corrected chi connectivity index (χ4v) is 1.26. The fourth-order valence-electron chi connectivity index (χ4n) is 1.26. The van der Waals surface area contributed by atoms with Crippen molar-refractivity contribution in [3.8, 4) is 0 Å². The second-order valence-corrected chi connectivity index (χ2v) is 4.43. The number of aliphatic hydroxyl groups excluding tert-OH is 1. The molecule has 0 aliphatic heterocycles. The van der Waals surface area contributed by atoms with Crippen molar-refractivity contribution in [2.24, 2.45) is 0 Å². The molecule has 0 atom stereocenters. The summed E-state index contributed by atoms with van der Waals surface area (Å²) in [5, 5.41) is 22.7. The quantitative estimate of drug-likeness (QED) is 0.607. The average Bonchev–Trinajstić information content (AvgIpc) is 2.26. The van der Waals surface area contributed by atoms with Gasteiger partial charge in [-0.1, -0.05) is 0 Å². The molecule has 0 heterocycles. The number of halogens is 1. The Morgan fingerprint density at radius 2 is 2.18 bits per heavy atom. The van der Waals surface area contributed by atoms with Crippen LogP contribution < -0.4 is 5.32 Å². The minimum atomic E-state index is -0.569. The Hall–Kier alpha value is -1.53. The van der Waals surface area contributed by atoms with Crippen LogP contribution >= 0.6 is 0 Å². The Balaban J connectivity index is 2.89. The second kappa shape index (κ2) is 5.20. The first-order valence-corrected chi connectivity index (χ1v) is 5.14. The molecule has 1 aromatic rings. The van der Waals surface area contributed by atoms with E-state index in [0.717, 1.165) is 18.2 Å². The van der Waals surface area contributed by atoms with Gasteiger partial charge in [-0.3, -0.25) is 10.1 Å². The second-order valence-electron chi connectivity index (χ2n) is 4.43. The van der Waals surface area contributed by atoms with E-state index >= 15 is 0 Å². The van der Waals surface area contributed by atoms with Crippen LogP contribution in [0.5, 0.6) is 0 Å². The van der Waals surface area contributed by atoms with Crippen LogP contribution in [-0.4, -0.2) is 22.2 Å². The highest BCUT2D eigenvalue weighted by Gasteiger charge is 2.19. The SMILES string of the molecule is CC(C)(CO)NCc1cc(F)ccc1[N+](=O)[O-]. The summed E-state index contributed by atoms with van der Waals surface area (Å²) in [6.45, 7) is 3.51. The molecule has 0 aromatic heterocycles. The van der Waals surface area contributed by atoms with Crippen LogP contribution in [0.4, 0.5) is 10.1 Å². The van der Waals surface area contributed by atoms with E-state index in [1.807, 2.05) is 0 Å². The van der Waals surface area contributed by atoms with Crippen molar-refractivity contribution >= 4 is 5.69 Å². The topological polar surface area (TPSA) is 75.4 Å². The van der Waals surface area contributed by atoms with Gasteiger partial charge in [0.05, 0.1) is 11.5 Å². The van der Waals surface area contributed by atoms with Crippen molar-refractivity contribution in [3.63, 3.8) is 0 Å². The van der Waals surface area contributed by atoms with Gasteiger partial charge in [-0.05, 0) is 26.0 Å². The fraction of sp³-hybridized carbons (Fsp3) is 0.455. The van der Waals surface area contributed by atoms with Crippen LogP contribution in [0.2, 0.25) is 0 Å². The number of hydrogen-bond donors (Lipinski definition) is 2. The lowest BCUT2D eigenvalue weighted by Gasteiger charge is -2.23.